The van der Waals surface area contributed by atoms with E-state index in [0.29, 0.717) is 17.5 Å². The molecular formula is C6H7ClN3. The highest BCUT2D eigenvalue weighted by Crippen LogP contribution is 2.07. The van der Waals surface area contributed by atoms with Crippen LogP contribution in [-0.4, -0.2) is 16.5 Å². The summed E-state index contributed by atoms with van der Waals surface area (Å²) in [5.41, 5.74) is 0. The molecule has 0 unspecified atom stereocenters. The first-order chi connectivity index (χ1) is 4.83. The molecule has 3 nitrogen and oxygen atoms in total. The van der Waals surface area contributed by atoms with Crippen molar-refractivity contribution < 1.29 is 0 Å². The van der Waals surface area contributed by atoms with E-state index in [1.54, 1.807) is 6.07 Å². The van der Waals surface area contributed by atoms with Gasteiger partial charge in [0.1, 0.15) is 17.3 Å². The lowest BCUT2D eigenvalue weighted by Gasteiger charge is -1.99. The van der Waals surface area contributed by atoms with Gasteiger partial charge in [-0.25, -0.2) is 9.97 Å². The van der Waals surface area contributed by atoms with Gasteiger partial charge in [0.25, 0.3) is 0 Å². The number of aromatic nitrogens is 2. The molecule has 0 saturated carbocycles. The van der Waals surface area contributed by atoms with Crippen LogP contribution in [0.4, 0.5) is 5.82 Å². The number of hydrogen-bond donors (Lipinski definition) is 1. The van der Waals surface area contributed by atoms with Gasteiger partial charge < -0.3 is 5.32 Å². The Hall–Kier alpha value is -0.830. The van der Waals surface area contributed by atoms with E-state index < -0.39 is 0 Å². The fourth-order valence-electron chi connectivity index (χ4n) is 0.558. The van der Waals surface area contributed by atoms with Gasteiger partial charge in [0.15, 0.2) is 0 Å². The molecule has 53 valence electrons. The maximum absolute atomic E-state index is 5.57. The summed E-state index contributed by atoms with van der Waals surface area (Å²) in [6, 6.07) is 1.65. The van der Waals surface area contributed by atoms with Gasteiger partial charge in [-0.15, -0.1) is 0 Å². The first kappa shape index (κ1) is 7.28. The van der Waals surface area contributed by atoms with Crippen molar-refractivity contribution in [1.29, 1.82) is 0 Å². The quantitative estimate of drug-likeness (QED) is 0.658. The largest absolute Gasteiger partial charge is 0.370 e. The normalized spacial score (nSPS) is 9.40. The summed E-state index contributed by atoms with van der Waals surface area (Å²) in [5.74, 6) is 0.704. The van der Waals surface area contributed by atoms with Gasteiger partial charge >= 0.3 is 0 Å². The maximum Gasteiger partial charge on any atom is 0.134 e. The summed E-state index contributed by atoms with van der Waals surface area (Å²) in [7, 11) is 0. The van der Waals surface area contributed by atoms with E-state index in [1.807, 2.05) is 0 Å². The van der Waals surface area contributed by atoms with Crippen molar-refractivity contribution >= 4 is 17.4 Å². The molecule has 0 aromatic carbocycles. The number of halogens is 1. The zero-order chi connectivity index (χ0) is 7.40. The summed E-state index contributed by atoms with van der Waals surface area (Å²) in [6.45, 7) is 4.19. The van der Waals surface area contributed by atoms with Crippen LogP contribution >= 0.6 is 11.6 Å². The van der Waals surface area contributed by atoms with Crippen LogP contribution in [0.15, 0.2) is 12.4 Å². The van der Waals surface area contributed by atoms with Crippen molar-refractivity contribution in [2.75, 3.05) is 11.9 Å². The zero-order valence-corrected chi connectivity index (χ0v) is 6.10. The zero-order valence-electron chi connectivity index (χ0n) is 5.34. The second-order valence-electron chi connectivity index (χ2n) is 1.65. The van der Waals surface area contributed by atoms with Crippen molar-refractivity contribution in [3.8, 4) is 0 Å². The Bertz CT molecular complexity index is 214. The van der Waals surface area contributed by atoms with E-state index in [2.05, 4.69) is 22.2 Å². The summed E-state index contributed by atoms with van der Waals surface area (Å²) < 4.78 is 0. The Morgan fingerprint density at radius 1 is 1.60 bits per heavy atom. The molecule has 1 heterocycles. The Morgan fingerprint density at radius 2 is 2.40 bits per heavy atom. The molecule has 0 fully saturated rings. The molecule has 0 atom stereocenters. The molecule has 1 radical (unpaired) electrons. The molecule has 10 heavy (non-hydrogen) atoms. The van der Waals surface area contributed by atoms with Gasteiger partial charge in [0.2, 0.25) is 0 Å². The molecule has 0 spiro atoms. The molecule has 0 amide bonds. The van der Waals surface area contributed by atoms with E-state index in [0.717, 1.165) is 0 Å². The highest BCUT2D eigenvalue weighted by Gasteiger charge is 1.91. The average Bonchev–Trinajstić information content (AvgIpc) is 1.88. The van der Waals surface area contributed by atoms with Crippen molar-refractivity contribution in [3.05, 3.63) is 24.5 Å². The molecule has 1 aromatic heterocycles. The van der Waals surface area contributed by atoms with E-state index in [1.165, 1.54) is 6.33 Å². The fourth-order valence-corrected chi connectivity index (χ4v) is 0.705. The van der Waals surface area contributed by atoms with Crippen molar-refractivity contribution in [2.24, 2.45) is 0 Å². The lowest BCUT2D eigenvalue weighted by molar-refractivity contribution is 1.14. The molecule has 0 bridgehead atoms. The predicted molar refractivity (Wildman–Crippen MR) is 40.9 cm³/mol. The van der Waals surface area contributed by atoms with Gasteiger partial charge in [0, 0.05) is 12.6 Å². The standard InChI is InChI=1S/C6H7ClN3/c1-2-8-6-3-5(7)9-4-10-6/h3-4H,1-2H2,(H,8,9,10). The third-order valence-electron chi connectivity index (χ3n) is 0.940. The minimum atomic E-state index is 0.436. The third kappa shape index (κ3) is 1.84. The third-order valence-corrected chi connectivity index (χ3v) is 1.15. The van der Waals surface area contributed by atoms with Crippen LogP contribution in [0.25, 0.3) is 0 Å². The molecule has 0 aliphatic heterocycles. The molecule has 1 rings (SSSR count). The lowest BCUT2D eigenvalue weighted by Crippen LogP contribution is -1.98. The number of anilines is 1. The molecule has 1 N–H and O–H groups in total. The number of nitrogens with zero attached hydrogens (tertiary/aromatic N) is 2. The summed E-state index contributed by atoms with van der Waals surface area (Å²) in [5, 5.41) is 3.34. The van der Waals surface area contributed by atoms with E-state index in [4.69, 9.17) is 11.6 Å². The van der Waals surface area contributed by atoms with E-state index in [9.17, 15) is 0 Å². The Balaban J connectivity index is 2.75. The summed E-state index contributed by atoms with van der Waals surface area (Å²) in [4.78, 5) is 7.60. The Morgan fingerprint density at radius 3 is 3.00 bits per heavy atom. The van der Waals surface area contributed by atoms with Crippen LogP contribution in [0, 0.1) is 6.92 Å². The molecular weight excluding hydrogens is 150 g/mol. The minimum Gasteiger partial charge on any atom is -0.370 e. The fraction of sp³-hybridized carbons (Fsp3) is 0.167. The maximum atomic E-state index is 5.57. The van der Waals surface area contributed by atoms with Crippen LogP contribution in [0.3, 0.4) is 0 Å². The predicted octanol–water partition coefficient (Wildman–Crippen LogP) is 1.38. The summed E-state index contributed by atoms with van der Waals surface area (Å²) in [6.07, 6.45) is 1.40. The van der Waals surface area contributed by atoms with Gasteiger partial charge in [-0.3, -0.25) is 0 Å². The topological polar surface area (TPSA) is 37.8 Å². The van der Waals surface area contributed by atoms with Crippen LogP contribution in [0.1, 0.15) is 0 Å². The molecule has 4 heteroatoms. The van der Waals surface area contributed by atoms with Crippen LogP contribution < -0.4 is 5.32 Å². The molecule has 0 aliphatic carbocycles. The summed E-state index contributed by atoms with van der Waals surface area (Å²) >= 11 is 5.57. The SMILES string of the molecule is [CH2]CNc1cc(Cl)ncn1. The Labute approximate surface area is 64.5 Å². The highest BCUT2D eigenvalue weighted by atomic mass is 35.5. The number of nitrogens with one attached hydrogen (secondary N) is 1. The average molecular weight is 157 g/mol. The number of hydrogen-bond acceptors (Lipinski definition) is 3. The van der Waals surface area contributed by atoms with Gasteiger partial charge in [0.05, 0.1) is 0 Å². The highest BCUT2D eigenvalue weighted by molar-refractivity contribution is 6.29. The van der Waals surface area contributed by atoms with Crippen molar-refractivity contribution in [3.63, 3.8) is 0 Å². The molecule has 0 aliphatic rings. The van der Waals surface area contributed by atoms with Gasteiger partial charge in [-0.2, -0.15) is 0 Å². The van der Waals surface area contributed by atoms with E-state index >= 15 is 0 Å². The smallest absolute Gasteiger partial charge is 0.134 e. The number of rotatable bonds is 2. The minimum absolute atomic E-state index is 0.436. The van der Waals surface area contributed by atoms with Crippen molar-refractivity contribution in [2.45, 2.75) is 0 Å². The second kappa shape index (κ2) is 3.37. The first-order valence-electron chi connectivity index (χ1n) is 2.83. The van der Waals surface area contributed by atoms with Crippen LogP contribution in [0.5, 0.6) is 0 Å². The van der Waals surface area contributed by atoms with Crippen molar-refractivity contribution in [1.82, 2.24) is 9.97 Å². The van der Waals surface area contributed by atoms with E-state index in [-0.39, 0.29) is 0 Å². The molecule has 0 saturated heterocycles. The van der Waals surface area contributed by atoms with Crippen LogP contribution in [0.2, 0.25) is 5.15 Å². The lowest BCUT2D eigenvalue weighted by atomic mass is 10.5. The monoisotopic (exact) mass is 156 g/mol. The van der Waals surface area contributed by atoms with Crippen LogP contribution in [-0.2, 0) is 0 Å². The van der Waals surface area contributed by atoms with Gasteiger partial charge in [-0.05, 0) is 6.92 Å². The Kier molecular flexibility index (Phi) is 2.45. The molecule has 1 aromatic rings. The van der Waals surface area contributed by atoms with Gasteiger partial charge in [-0.1, -0.05) is 11.6 Å². The second-order valence-corrected chi connectivity index (χ2v) is 2.04. The first-order valence-corrected chi connectivity index (χ1v) is 3.21.